The molecule has 150 valence electrons. The van der Waals surface area contributed by atoms with Gasteiger partial charge >= 0.3 is 6.03 Å². The molecule has 2 fully saturated rings. The summed E-state index contributed by atoms with van der Waals surface area (Å²) in [6.07, 6.45) is 2.14. The average molecular weight is 397 g/mol. The molecule has 2 N–H and O–H groups in total. The maximum absolute atomic E-state index is 12.6. The Bertz CT molecular complexity index is 732. The van der Waals surface area contributed by atoms with E-state index < -0.39 is 10.0 Å². The minimum Gasteiger partial charge on any atom is -0.379 e. The van der Waals surface area contributed by atoms with E-state index in [9.17, 15) is 13.2 Å². The van der Waals surface area contributed by atoms with Crippen LogP contribution >= 0.6 is 0 Å². The van der Waals surface area contributed by atoms with Gasteiger partial charge in [0.05, 0.1) is 18.1 Å². The number of nitrogens with one attached hydrogen (secondary N) is 2. The van der Waals surface area contributed by atoms with Crippen LogP contribution in [-0.2, 0) is 14.8 Å². The van der Waals surface area contributed by atoms with Crippen LogP contribution in [0.15, 0.2) is 29.2 Å². The number of benzene rings is 1. The maximum Gasteiger partial charge on any atom is 0.321 e. The standard InChI is InChI=1S/C18H28N4O4S/c1-19-27(24,25)17-6-4-16(5-7-17)20-18(23)22-8-2-3-15(14-22)13-21-9-11-26-12-10-21/h4-7,15,19H,2-3,8-14H2,1H3,(H,20,23)/t15-/m0/s1. The second-order valence-corrected chi connectivity index (χ2v) is 8.92. The number of nitrogens with zero attached hydrogens (tertiary/aromatic N) is 2. The van der Waals surface area contributed by atoms with Gasteiger partial charge in [-0.2, -0.15) is 0 Å². The highest BCUT2D eigenvalue weighted by molar-refractivity contribution is 7.89. The first-order valence-corrected chi connectivity index (χ1v) is 10.9. The Kier molecular flexibility index (Phi) is 6.69. The first-order chi connectivity index (χ1) is 13.0. The molecule has 2 saturated heterocycles. The molecule has 2 amide bonds. The van der Waals surface area contributed by atoms with E-state index in [2.05, 4.69) is 14.9 Å². The normalized spacial score (nSPS) is 21.8. The molecular weight excluding hydrogens is 368 g/mol. The van der Waals surface area contributed by atoms with E-state index in [1.807, 2.05) is 4.90 Å². The number of rotatable bonds is 5. The number of anilines is 1. The van der Waals surface area contributed by atoms with Crippen LogP contribution in [0.4, 0.5) is 10.5 Å². The van der Waals surface area contributed by atoms with Crippen molar-refractivity contribution in [3.8, 4) is 0 Å². The van der Waals surface area contributed by atoms with Gasteiger partial charge in [0.2, 0.25) is 10.0 Å². The summed E-state index contributed by atoms with van der Waals surface area (Å²) in [4.78, 5) is 17.0. The summed E-state index contributed by atoms with van der Waals surface area (Å²) in [6.45, 7) is 6.00. The summed E-state index contributed by atoms with van der Waals surface area (Å²) < 4.78 is 31.2. The van der Waals surface area contributed by atoms with Crippen molar-refractivity contribution in [3.05, 3.63) is 24.3 Å². The molecule has 2 aliphatic heterocycles. The van der Waals surface area contributed by atoms with Crippen molar-refractivity contribution in [1.29, 1.82) is 0 Å². The number of carbonyl (C=O) groups is 1. The zero-order valence-electron chi connectivity index (χ0n) is 15.7. The number of ether oxygens (including phenoxy) is 1. The quantitative estimate of drug-likeness (QED) is 0.780. The summed E-state index contributed by atoms with van der Waals surface area (Å²) in [6, 6.07) is 6.05. The van der Waals surface area contributed by atoms with E-state index in [4.69, 9.17) is 4.74 Å². The number of sulfonamides is 1. The van der Waals surface area contributed by atoms with Gasteiger partial charge in [0.15, 0.2) is 0 Å². The van der Waals surface area contributed by atoms with E-state index in [0.717, 1.165) is 58.8 Å². The third-order valence-electron chi connectivity index (χ3n) is 5.11. The van der Waals surface area contributed by atoms with Gasteiger partial charge < -0.3 is 15.0 Å². The van der Waals surface area contributed by atoms with Crippen LogP contribution in [0.2, 0.25) is 0 Å². The van der Waals surface area contributed by atoms with E-state index in [1.54, 1.807) is 12.1 Å². The predicted molar refractivity (Wildman–Crippen MR) is 103 cm³/mol. The van der Waals surface area contributed by atoms with Crippen LogP contribution in [0.3, 0.4) is 0 Å². The molecule has 0 bridgehead atoms. The average Bonchev–Trinajstić information content (AvgIpc) is 2.69. The lowest BCUT2D eigenvalue weighted by Crippen LogP contribution is -2.47. The van der Waals surface area contributed by atoms with Crippen LogP contribution < -0.4 is 10.0 Å². The first kappa shape index (κ1) is 20.1. The van der Waals surface area contributed by atoms with Gasteiger partial charge in [0.25, 0.3) is 0 Å². The monoisotopic (exact) mass is 396 g/mol. The fourth-order valence-electron chi connectivity index (χ4n) is 3.59. The number of hydrogen-bond acceptors (Lipinski definition) is 5. The zero-order chi connectivity index (χ0) is 19.3. The highest BCUT2D eigenvalue weighted by Crippen LogP contribution is 2.20. The Morgan fingerprint density at radius 3 is 2.56 bits per heavy atom. The molecule has 0 saturated carbocycles. The number of amides is 2. The van der Waals surface area contributed by atoms with E-state index in [1.165, 1.54) is 19.2 Å². The van der Waals surface area contributed by atoms with Crippen LogP contribution in [0.1, 0.15) is 12.8 Å². The molecule has 1 aromatic rings. The molecule has 1 atom stereocenters. The highest BCUT2D eigenvalue weighted by atomic mass is 32.2. The Hall–Kier alpha value is -1.68. The summed E-state index contributed by atoms with van der Waals surface area (Å²) >= 11 is 0. The summed E-state index contributed by atoms with van der Waals surface area (Å²) in [5.74, 6) is 0.478. The minimum atomic E-state index is -3.47. The van der Waals surface area contributed by atoms with Gasteiger partial charge in [-0.15, -0.1) is 0 Å². The lowest BCUT2D eigenvalue weighted by atomic mass is 9.97. The molecule has 2 aliphatic rings. The lowest BCUT2D eigenvalue weighted by molar-refractivity contribution is 0.0252. The molecule has 3 rings (SSSR count). The van der Waals surface area contributed by atoms with Crippen molar-refractivity contribution in [2.45, 2.75) is 17.7 Å². The fourth-order valence-corrected chi connectivity index (χ4v) is 4.32. The lowest BCUT2D eigenvalue weighted by Gasteiger charge is -2.36. The number of carbonyl (C=O) groups excluding carboxylic acids is 1. The number of piperidine rings is 1. The van der Waals surface area contributed by atoms with Gasteiger partial charge in [-0.05, 0) is 50.1 Å². The van der Waals surface area contributed by atoms with Crippen molar-refractivity contribution in [2.75, 3.05) is 58.3 Å². The second kappa shape index (κ2) is 9.01. The fraction of sp³-hybridized carbons (Fsp3) is 0.611. The van der Waals surface area contributed by atoms with E-state index in [-0.39, 0.29) is 10.9 Å². The summed E-state index contributed by atoms with van der Waals surface area (Å²) in [7, 11) is -2.10. The predicted octanol–water partition coefficient (Wildman–Crippen LogP) is 1.17. The van der Waals surface area contributed by atoms with Crippen molar-refractivity contribution in [1.82, 2.24) is 14.5 Å². The third kappa shape index (κ3) is 5.41. The highest BCUT2D eigenvalue weighted by Gasteiger charge is 2.26. The summed E-state index contributed by atoms with van der Waals surface area (Å²) in [5.41, 5.74) is 0.588. The Morgan fingerprint density at radius 2 is 1.89 bits per heavy atom. The summed E-state index contributed by atoms with van der Waals surface area (Å²) in [5, 5.41) is 2.87. The Balaban J connectivity index is 1.54. The van der Waals surface area contributed by atoms with Gasteiger partial charge in [-0.3, -0.25) is 4.90 Å². The second-order valence-electron chi connectivity index (χ2n) is 7.03. The smallest absolute Gasteiger partial charge is 0.321 e. The number of likely N-dealkylation sites (tertiary alicyclic amines) is 1. The van der Waals surface area contributed by atoms with Crippen LogP contribution in [0.25, 0.3) is 0 Å². The van der Waals surface area contributed by atoms with E-state index >= 15 is 0 Å². The Labute approximate surface area is 160 Å². The molecule has 1 aromatic carbocycles. The number of hydrogen-bond donors (Lipinski definition) is 2. The largest absolute Gasteiger partial charge is 0.379 e. The molecule has 0 aliphatic carbocycles. The van der Waals surface area contributed by atoms with Crippen molar-refractivity contribution < 1.29 is 17.9 Å². The molecule has 0 aromatic heterocycles. The molecule has 0 unspecified atom stereocenters. The van der Waals surface area contributed by atoms with Gasteiger partial charge in [0, 0.05) is 38.4 Å². The molecular formula is C18H28N4O4S. The van der Waals surface area contributed by atoms with Crippen LogP contribution in [0, 0.1) is 5.92 Å². The maximum atomic E-state index is 12.6. The van der Waals surface area contributed by atoms with Crippen LogP contribution in [-0.4, -0.2) is 77.2 Å². The third-order valence-corrected chi connectivity index (χ3v) is 6.54. The van der Waals surface area contributed by atoms with Gasteiger partial charge in [-0.25, -0.2) is 17.9 Å². The first-order valence-electron chi connectivity index (χ1n) is 9.37. The van der Waals surface area contributed by atoms with Crippen LogP contribution in [0.5, 0.6) is 0 Å². The van der Waals surface area contributed by atoms with E-state index in [0.29, 0.717) is 11.6 Å². The topological polar surface area (TPSA) is 91.0 Å². The Morgan fingerprint density at radius 1 is 1.19 bits per heavy atom. The minimum absolute atomic E-state index is 0.133. The molecule has 9 heteroatoms. The molecule has 0 radical (unpaired) electrons. The number of urea groups is 1. The molecule has 8 nitrogen and oxygen atoms in total. The van der Waals surface area contributed by atoms with Gasteiger partial charge in [-0.1, -0.05) is 0 Å². The van der Waals surface area contributed by atoms with Gasteiger partial charge in [0.1, 0.15) is 0 Å². The van der Waals surface area contributed by atoms with Crippen molar-refractivity contribution in [3.63, 3.8) is 0 Å². The zero-order valence-corrected chi connectivity index (χ0v) is 16.5. The van der Waals surface area contributed by atoms with Crippen molar-refractivity contribution in [2.24, 2.45) is 5.92 Å². The number of morpholine rings is 1. The SMILES string of the molecule is CNS(=O)(=O)c1ccc(NC(=O)N2CCC[C@@H](CN3CCOCC3)C2)cc1. The molecule has 2 heterocycles. The molecule has 27 heavy (non-hydrogen) atoms. The molecule has 0 spiro atoms. The van der Waals surface area contributed by atoms with Crippen molar-refractivity contribution >= 4 is 21.7 Å².